The molecule has 0 radical (unpaired) electrons. The Bertz CT molecular complexity index is 628. The molecule has 0 aliphatic carbocycles. The molecule has 0 amide bonds. The SMILES string of the molecule is C[n+]1ccn(CCCBr)c1.O=P([O-])(C(F)(F)C(F)(F)F)C(F)(F)C(F)(F)F. The Labute approximate surface area is 154 Å². The molecule has 0 bridgehead atoms. The average Bonchev–Trinajstić information content (AvgIpc) is 2.88. The van der Waals surface area contributed by atoms with Crippen LogP contribution >= 0.6 is 23.3 Å². The van der Waals surface area contributed by atoms with Gasteiger partial charge in [-0.1, -0.05) is 15.9 Å². The summed E-state index contributed by atoms with van der Waals surface area (Å²) in [7, 11) is -6.48. The van der Waals surface area contributed by atoms with Crippen molar-refractivity contribution >= 4 is 23.3 Å². The lowest BCUT2D eigenvalue weighted by atomic mass is 10.5. The Morgan fingerprint density at radius 1 is 1.00 bits per heavy atom. The van der Waals surface area contributed by atoms with Gasteiger partial charge in [-0.3, -0.25) is 0 Å². The van der Waals surface area contributed by atoms with Crippen molar-refractivity contribution in [1.29, 1.82) is 0 Å². The maximum Gasteiger partial charge on any atom is 0.459 e. The molecule has 0 aliphatic heterocycles. The zero-order valence-electron chi connectivity index (χ0n) is 13.2. The number of hydrogen-bond donors (Lipinski definition) is 0. The number of halogens is 11. The lowest BCUT2D eigenvalue weighted by Crippen LogP contribution is -2.50. The number of imidazole rings is 1. The van der Waals surface area contributed by atoms with E-state index in [2.05, 4.69) is 33.0 Å². The predicted molar refractivity (Wildman–Crippen MR) is 73.6 cm³/mol. The van der Waals surface area contributed by atoms with E-state index in [1.54, 1.807) is 0 Å². The van der Waals surface area contributed by atoms with Crippen LogP contribution in [-0.2, 0) is 18.2 Å². The minimum absolute atomic E-state index is 1.08. The quantitative estimate of drug-likeness (QED) is 0.263. The largest absolute Gasteiger partial charge is 0.790 e. The van der Waals surface area contributed by atoms with Crippen LogP contribution in [0.4, 0.5) is 43.9 Å². The molecule has 0 saturated heterocycles. The first-order valence-electron chi connectivity index (χ1n) is 6.60. The molecule has 1 aromatic rings. The van der Waals surface area contributed by atoms with E-state index >= 15 is 0 Å². The van der Waals surface area contributed by atoms with Crippen molar-refractivity contribution in [2.75, 3.05) is 5.33 Å². The molecule has 0 spiro atoms. The molecule has 0 aromatic carbocycles. The monoisotopic (exact) mass is 504 g/mol. The average molecular weight is 505 g/mol. The molecule has 27 heavy (non-hydrogen) atoms. The zero-order valence-corrected chi connectivity index (χ0v) is 15.6. The van der Waals surface area contributed by atoms with Gasteiger partial charge in [0.1, 0.15) is 12.4 Å². The van der Waals surface area contributed by atoms with Gasteiger partial charge in [0, 0.05) is 5.33 Å². The summed E-state index contributed by atoms with van der Waals surface area (Å²) in [5.41, 5.74) is -14.4. The summed E-state index contributed by atoms with van der Waals surface area (Å²) < 4.78 is 131. The van der Waals surface area contributed by atoms with Crippen molar-refractivity contribution in [2.24, 2.45) is 7.05 Å². The van der Waals surface area contributed by atoms with Crippen LogP contribution in [0, 0.1) is 0 Å². The smallest absolute Gasteiger partial charge is 0.459 e. The fourth-order valence-corrected chi connectivity index (χ4v) is 2.66. The second-order valence-corrected chi connectivity index (χ2v) is 8.01. The Morgan fingerprint density at radius 3 is 1.67 bits per heavy atom. The Kier molecular flexibility index (Phi) is 8.42. The molecule has 4 nitrogen and oxygen atoms in total. The van der Waals surface area contributed by atoms with Gasteiger partial charge in [-0.05, 0) is 6.42 Å². The summed E-state index contributed by atoms with van der Waals surface area (Å²) in [5.74, 6) is 0. The number of alkyl halides is 11. The van der Waals surface area contributed by atoms with E-state index < -0.39 is 31.0 Å². The summed E-state index contributed by atoms with van der Waals surface area (Å²) in [6.07, 6.45) is -6.76. The first-order chi connectivity index (χ1) is 11.8. The molecule has 0 atom stereocenters. The first-order valence-corrected chi connectivity index (χ1v) is 9.35. The summed E-state index contributed by atoms with van der Waals surface area (Å²) in [6.45, 7) is 1.10. The molecule has 1 aromatic heterocycles. The van der Waals surface area contributed by atoms with Crippen LogP contribution in [0.1, 0.15) is 6.42 Å². The van der Waals surface area contributed by atoms with E-state index in [9.17, 15) is 53.4 Å². The molecule has 0 fully saturated rings. The molecule has 0 unspecified atom stereocenters. The number of aryl methyl sites for hydroxylation is 2. The van der Waals surface area contributed by atoms with Crippen LogP contribution in [0.25, 0.3) is 0 Å². The summed E-state index contributed by atoms with van der Waals surface area (Å²) in [6, 6.07) is 0. The van der Waals surface area contributed by atoms with Crippen LogP contribution in [0.2, 0.25) is 0 Å². The third kappa shape index (κ3) is 5.83. The summed E-state index contributed by atoms with van der Waals surface area (Å²) in [4.78, 5) is 10.1. The zero-order chi connectivity index (χ0) is 21.9. The molecule has 1 heterocycles. The molecule has 1 rings (SSSR count). The minimum Gasteiger partial charge on any atom is -0.790 e. The molecule has 16 heteroatoms. The van der Waals surface area contributed by atoms with Crippen molar-refractivity contribution in [3.8, 4) is 0 Å². The maximum atomic E-state index is 12.1. The van der Waals surface area contributed by atoms with Crippen LogP contribution in [0.5, 0.6) is 0 Å². The molecule has 160 valence electrons. The molecule has 0 aliphatic rings. The topological polar surface area (TPSA) is 48.9 Å². The van der Waals surface area contributed by atoms with E-state index in [1.165, 1.54) is 6.42 Å². The predicted octanol–water partition coefficient (Wildman–Crippen LogP) is 4.03. The number of aromatic nitrogens is 2. The Balaban J connectivity index is 0.000000569. The highest BCUT2D eigenvalue weighted by atomic mass is 79.9. The highest BCUT2D eigenvalue weighted by Gasteiger charge is 2.78. The summed E-state index contributed by atoms with van der Waals surface area (Å²) in [5, 5.41) is 1.08. The van der Waals surface area contributed by atoms with E-state index in [1.807, 2.05) is 17.8 Å². The van der Waals surface area contributed by atoms with Crippen LogP contribution in [0.15, 0.2) is 18.7 Å². The van der Waals surface area contributed by atoms with Gasteiger partial charge in [0.05, 0.1) is 13.6 Å². The van der Waals surface area contributed by atoms with Gasteiger partial charge in [0.2, 0.25) is 6.33 Å². The Hall–Kier alpha value is -0.820. The van der Waals surface area contributed by atoms with Crippen molar-refractivity contribution in [2.45, 2.75) is 36.6 Å². The van der Waals surface area contributed by atoms with Gasteiger partial charge in [0.25, 0.3) is 0 Å². The maximum absolute atomic E-state index is 12.1. The van der Waals surface area contributed by atoms with Gasteiger partial charge in [-0.2, -0.15) is 43.9 Å². The summed E-state index contributed by atoms with van der Waals surface area (Å²) >= 11 is 3.39. The highest BCUT2D eigenvalue weighted by Crippen LogP contribution is 2.72. The first kappa shape index (κ1) is 26.2. The fourth-order valence-electron chi connectivity index (χ4n) is 1.39. The third-order valence-electron chi connectivity index (χ3n) is 2.80. The van der Waals surface area contributed by atoms with Gasteiger partial charge in [0.15, 0.2) is 7.37 Å². The minimum atomic E-state index is -8.51. The van der Waals surface area contributed by atoms with E-state index in [0.29, 0.717) is 0 Å². The molecular formula is C11H12BrF10N2O2P. The third-order valence-corrected chi connectivity index (χ3v) is 5.34. The van der Waals surface area contributed by atoms with Crippen LogP contribution in [0.3, 0.4) is 0 Å². The standard InChI is InChI=1S/C7H12BrN2.C4HF10O2P/c1-9-5-6-10(7-9)4-2-3-8;5-1(6,7)3(11,12)17(15,16)4(13,14)2(8,9)10/h5-7H,2-4H2,1H3;(H,15,16)/q+1;/p-1. The van der Waals surface area contributed by atoms with E-state index in [0.717, 1.165) is 11.9 Å². The van der Waals surface area contributed by atoms with Crippen molar-refractivity contribution in [1.82, 2.24) is 4.57 Å². The van der Waals surface area contributed by atoms with Crippen LogP contribution < -0.4 is 9.46 Å². The van der Waals surface area contributed by atoms with Gasteiger partial charge < -0.3 is 9.46 Å². The van der Waals surface area contributed by atoms with Gasteiger partial charge in [-0.25, -0.2) is 9.13 Å². The molecular weight excluding hydrogens is 493 g/mol. The van der Waals surface area contributed by atoms with E-state index in [-0.39, 0.29) is 0 Å². The number of nitrogens with zero attached hydrogens (tertiary/aromatic N) is 2. The van der Waals surface area contributed by atoms with E-state index in [4.69, 9.17) is 0 Å². The van der Waals surface area contributed by atoms with Gasteiger partial charge >= 0.3 is 23.7 Å². The van der Waals surface area contributed by atoms with Gasteiger partial charge in [-0.15, -0.1) is 0 Å². The fraction of sp³-hybridized carbons (Fsp3) is 0.727. The lowest BCUT2D eigenvalue weighted by molar-refractivity contribution is -0.671. The Morgan fingerprint density at radius 2 is 1.41 bits per heavy atom. The number of rotatable bonds is 5. The second-order valence-electron chi connectivity index (χ2n) is 4.99. The highest BCUT2D eigenvalue weighted by molar-refractivity contribution is 9.09. The normalized spacial score (nSPS) is 14.0. The van der Waals surface area contributed by atoms with Crippen molar-refractivity contribution in [3.05, 3.63) is 18.7 Å². The van der Waals surface area contributed by atoms with Crippen LogP contribution in [-0.4, -0.2) is 33.6 Å². The number of hydrogen-bond acceptors (Lipinski definition) is 2. The lowest BCUT2D eigenvalue weighted by Gasteiger charge is -2.38. The van der Waals surface area contributed by atoms with Crippen molar-refractivity contribution in [3.63, 3.8) is 0 Å². The molecule has 0 saturated carbocycles. The molecule has 0 N–H and O–H groups in total. The second kappa shape index (κ2) is 8.68. The van der Waals surface area contributed by atoms with Crippen molar-refractivity contribution < 1.29 is 57.9 Å².